The lowest BCUT2D eigenvalue weighted by Gasteiger charge is -2.48. The Morgan fingerprint density at radius 3 is 2.11 bits per heavy atom. The number of ether oxygens (including phenoxy) is 1. The van der Waals surface area contributed by atoms with Crippen molar-refractivity contribution in [2.75, 3.05) is 7.11 Å². The van der Waals surface area contributed by atoms with Crippen LogP contribution in [0.15, 0.2) is 0 Å². The second-order valence-electron chi connectivity index (χ2n) is 7.15. The molecule has 0 radical (unpaired) electrons. The van der Waals surface area contributed by atoms with Gasteiger partial charge in [0.1, 0.15) is 0 Å². The van der Waals surface area contributed by atoms with Gasteiger partial charge in [-0.3, -0.25) is 11.3 Å². The first-order valence-electron chi connectivity index (χ1n) is 8.12. The Morgan fingerprint density at radius 2 is 1.63 bits per heavy atom. The van der Waals surface area contributed by atoms with Gasteiger partial charge in [-0.25, -0.2) is 0 Å². The standard InChI is InChI=1S/C16H32N2O/c1-12-9-13(2)11-14(10-12)15(18-17)16(19-3)7-5-4-6-8-16/h12-15,18H,4-11,17H2,1-3H3. The van der Waals surface area contributed by atoms with Gasteiger partial charge in [0.05, 0.1) is 11.6 Å². The fourth-order valence-electron chi connectivity index (χ4n) is 4.79. The molecule has 2 fully saturated rings. The molecule has 0 heterocycles. The van der Waals surface area contributed by atoms with Gasteiger partial charge in [0.25, 0.3) is 0 Å². The zero-order chi connectivity index (χ0) is 13.9. The molecule has 112 valence electrons. The third-order valence-corrected chi connectivity index (χ3v) is 5.54. The highest BCUT2D eigenvalue weighted by atomic mass is 16.5. The van der Waals surface area contributed by atoms with E-state index in [1.165, 1.54) is 38.5 Å². The molecule has 3 nitrogen and oxygen atoms in total. The Morgan fingerprint density at radius 1 is 1.05 bits per heavy atom. The summed E-state index contributed by atoms with van der Waals surface area (Å²) in [6.45, 7) is 4.77. The van der Waals surface area contributed by atoms with Crippen molar-refractivity contribution in [3.05, 3.63) is 0 Å². The van der Waals surface area contributed by atoms with Gasteiger partial charge in [0.2, 0.25) is 0 Å². The predicted molar refractivity (Wildman–Crippen MR) is 79.6 cm³/mol. The summed E-state index contributed by atoms with van der Waals surface area (Å²) >= 11 is 0. The van der Waals surface area contributed by atoms with Gasteiger partial charge < -0.3 is 4.74 Å². The van der Waals surface area contributed by atoms with E-state index in [1.807, 2.05) is 7.11 Å². The van der Waals surface area contributed by atoms with Crippen molar-refractivity contribution in [1.29, 1.82) is 0 Å². The maximum atomic E-state index is 6.01. The normalized spacial score (nSPS) is 36.9. The van der Waals surface area contributed by atoms with Gasteiger partial charge in [-0.2, -0.15) is 0 Å². The van der Waals surface area contributed by atoms with Crippen molar-refractivity contribution >= 4 is 0 Å². The highest BCUT2D eigenvalue weighted by molar-refractivity contribution is 4.99. The van der Waals surface area contributed by atoms with E-state index >= 15 is 0 Å². The molecule has 2 rings (SSSR count). The van der Waals surface area contributed by atoms with Crippen LogP contribution in [0.25, 0.3) is 0 Å². The van der Waals surface area contributed by atoms with Gasteiger partial charge in [0.15, 0.2) is 0 Å². The minimum absolute atomic E-state index is 0.0194. The summed E-state index contributed by atoms with van der Waals surface area (Å²) in [6.07, 6.45) is 10.2. The molecular formula is C16H32N2O. The van der Waals surface area contributed by atoms with Crippen LogP contribution in [0.4, 0.5) is 0 Å². The van der Waals surface area contributed by atoms with Gasteiger partial charge in [-0.1, -0.05) is 33.1 Å². The minimum Gasteiger partial charge on any atom is -0.377 e. The van der Waals surface area contributed by atoms with E-state index in [-0.39, 0.29) is 5.60 Å². The SMILES string of the molecule is COC1(C(NN)C2CC(C)CC(C)C2)CCCCC1. The second-order valence-corrected chi connectivity index (χ2v) is 7.15. The molecule has 0 aliphatic heterocycles. The molecule has 2 saturated carbocycles. The van der Waals surface area contributed by atoms with E-state index in [4.69, 9.17) is 10.6 Å². The van der Waals surface area contributed by atoms with Crippen LogP contribution in [-0.4, -0.2) is 18.8 Å². The van der Waals surface area contributed by atoms with Crippen LogP contribution in [0, 0.1) is 17.8 Å². The maximum Gasteiger partial charge on any atom is 0.0847 e. The Balaban J connectivity index is 2.12. The second kappa shape index (κ2) is 6.55. The third kappa shape index (κ3) is 3.32. The lowest BCUT2D eigenvalue weighted by Crippen LogP contribution is -2.59. The number of hydrazine groups is 1. The number of hydrogen-bond acceptors (Lipinski definition) is 3. The molecule has 0 bridgehead atoms. The molecule has 0 amide bonds. The lowest BCUT2D eigenvalue weighted by atomic mass is 9.67. The number of methoxy groups -OCH3 is 1. The fourth-order valence-corrected chi connectivity index (χ4v) is 4.79. The van der Waals surface area contributed by atoms with E-state index in [2.05, 4.69) is 19.3 Å². The number of rotatable bonds is 4. The molecule has 3 unspecified atom stereocenters. The van der Waals surface area contributed by atoms with Crippen LogP contribution >= 0.6 is 0 Å². The number of nitrogens with two attached hydrogens (primary N) is 1. The van der Waals surface area contributed by atoms with Gasteiger partial charge in [0, 0.05) is 7.11 Å². The smallest absolute Gasteiger partial charge is 0.0847 e. The summed E-state index contributed by atoms with van der Waals surface area (Å²) in [5.74, 6) is 8.27. The average molecular weight is 268 g/mol. The Bertz CT molecular complexity index is 266. The summed E-state index contributed by atoms with van der Waals surface area (Å²) in [6, 6.07) is 0.322. The maximum absolute atomic E-state index is 6.01. The molecule has 3 heteroatoms. The van der Waals surface area contributed by atoms with Crippen LogP contribution in [0.3, 0.4) is 0 Å². The summed E-state index contributed by atoms with van der Waals surface area (Å²) in [5.41, 5.74) is 3.13. The summed E-state index contributed by atoms with van der Waals surface area (Å²) < 4.78 is 6.01. The number of hydrogen-bond donors (Lipinski definition) is 2. The molecule has 0 aromatic heterocycles. The Kier molecular flexibility index (Phi) is 5.27. The Labute approximate surface area is 118 Å². The van der Waals surface area contributed by atoms with Crippen molar-refractivity contribution in [3.8, 4) is 0 Å². The summed E-state index contributed by atoms with van der Waals surface area (Å²) in [7, 11) is 1.88. The van der Waals surface area contributed by atoms with Gasteiger partial charge >= 0.3 is 0 Å². The van der Waals surface area contributed by atoms with Crippen molar-refractivity contribution in [2.24, 2.45) is 23.6 Å². The van der Waals surface area contributed by atoms with E-state index in [1.54, 1.807) is 0 Å². The van der Waals surface area contributed by atoms with E-state index in [9.17, 15) is 0 Å². The minimum atomic E-state index is -0.0194. The van der Waals surface area contributed by atoms with E-state index in [0.29, 0.717) is 12.0 Å². The highest BCUT2D eigenvalue weighted by Crippen LogP contribution is 2.42. The fraction of sp³-hybridized carbons (Fsp3) is 1.00. The van der Waals surface area contributed by atoms with Crippen molar-refractivity contribution < 1.29 is 4.74 Å². The molecule has 19 heavy (non-hydrogen) atoms. The summed E-state index contributed by atoms with van der Waals surface area (Å²) in [5, 5.41) is 0. The van der Waals surface area contributed by atoms with Crippen LogP contribution in [0.5, 0.6) is 0 Å². The third-order valence-electron chi connectivity index (χ3n) is 5.54. The average Bonchev–Trinajstić information content (AvgIpc) is 2.39. The quantitative estimate of drug-likeness (QED) is 0.608. The van der Waals surface area contributed by atoms with Crippen LogP contribution < -0.4 is 11.3 Å². The van der Waals surface area contributed by atoms with Crippen molar-refractivity contribution in [1.82, 2.24) is 5.43 Å². The Hall–Kier alpha value is -0.120. The molecule has 0 saturated heterocycles. The molecule has 0 aromatic rings. The zero-order valence-electron chi connectivity index (χ0n) is 13.0. The van der Waals surface area contributed by atoms with E-state index < -0.39 is 0 Å². The summed E-state index contributed by atoms with van der Waals surface area (Å²) in [4.78, 5) is 0. The topological polar surface area (TPSA) is 47.3 Å². The first-order valence-corrected chi connectivity index (χ1v) is 8.12. The highest BCUT2D eigenvalue weighted by Gasteiger charge is 2.45. The first kappa shape index (κ1) is 15.3. The van der Waals surface area contributed by atoms with E-state index in [0.717, 1.165) is 24.7 Å². The number of nitrogens with one attached hydrogen (secondary N) is 1. The van der Waals surface area contributed by atoms with Crippen LogP contribution in [0.1, 0.15) is 65.2 Å². The monoisotopic (exact) mass is 268 g/mol. The van der Waals surface area contributed by atoms with Crippen LogP contribution in [0.2, 0.25) is 0 Å². The largest absolute Gasteiger partial charge is 0.377 e. The molecule has 2 aliphatic carbocycles. The molecule has 0 spiro atoms. The zero-order valence-corrected chi connectivity index (χ0v) is 13.0. The molecule has 3 N–H and O–H groups in total. The van der Waals surface area contributed by atoms with Crippen molar-refractivity contribution in [2.45, 2.75) is 76.9 Å². The molecule has 2 aliphatic rings. The first-order chi connectivity index (χ1) is 9.11. The predicted octanol–water partition coefficient (Wildman–Crippen LogP) is 3.24. The van der Waals surface area contributed by atoms with Gasteiger partial charge in [-0.15, -0.1) is 0 Å². The van der Waals surface area contributed by atoms with Gasteiger partial charge in [-0.05, 0) is 49.9 Å². The molecule has 3 atom stereocenters. The lowest BCUT2D eigenvalue weighted by molar-refractivity contribution is -0.0893. The van der Waals surface area contributed by atoms with Crippen molar-refractivity contribution in [3.63, 3.8) is 0 Å². The molecular weight excluding hydrogens is 236 g/mol. The van der Waals surface area contributed by atoms with Crippen LogP contribution in [-0.2, 0) is 4.74 Å². The molecule has 0 aromatic carbocycles.